The van der Waals surface area contributed by atoms with Crippen LogP contribution in [0.25, 0.3) is 0 Å². The van der Waals surface area contributed by atoms with Crippen molar-refractivity contribution in [3.8, 4) is 0 Å². The standard InChI is InChI=1S/C13H14N3O2S2/c1-2-10-5-8-7-14-11-6-9(16(17)18)3-4-12(11)15(19)13(8)20-10/h5-6,14H,2-4,7H2,1H3/q+1. The fourth-order valence-electron chi connectivity index (χ4n) is 2.47. The number of nitrogens with zero attached hydrogens (tertiary/aromatic N) is 2. The molecule has 7 heteroatoms. The summed E-state index contributed by atoms with van der Waals surface area (Å²) < 4.78 is 1.78. The highest BCUT2D eigenvalue weighted by Gasteiger charge is 2.34. The molecule has 0 aromatic carbocycles. The summed E-state index contributed by atoms with van der Waals surface area (Å²) in [5, 5.41) is 15.3. The van der Waals surface area contributed by atoms with Gasteiger partial charge in [-0.3, -0.25) is 10.1 Å². The first-order valence-electron chi connectivity index (χ1n) is 6.51. The van der Waals surface area contributed by atoms with E-state index < -0.39 is 0 Å². The predicted octanol–water partition coefficient (Wildman–Crippen LogP) is 2.95. The second kappa shape index (κ2) is 5.06. The molecule has 1 aliphatic heterocycles. The lowest BCUT2D eigenvalue weighted by molar-refractivity contribution is -0.430. The van der Waals surface area contributed by atoms with Crippen molar-refractivity contribution in [2.75, 3.05) is 0 Å². The summed E-state index contributed by atoms with van der Waals surface area (Å²) in [5.74, 6) is 0. The quantitative estimate of drug-likeness (QED) is 0.518. The summed E-state index contributed by atoms with van der Waals surface area (Å²) in [4.78, 5) is 11.9. The van der Waals surface area contributed by atoms with Gasteiger partial charge in [-0.15, -0.1) is 0 Å². The van der Waals surface area contributed by atoms with Gasteiger partial charge in [0.15, 0.2) is 0 Å². The van der Waals surface area contributed by atoms with Crippen molar-refractivity contribution < 1.29 is 8.87 Å². The van der Waals surface area contributed by atoms with Gasteiger partial charge in [-0.2, -0.15) is 0 Å². The van der Waals surface area contributed by atoms with E-state index in [4.69, 9.17) is 12.4 Å². The fourth-order valence-corrected chi connectivity index (χ4v) is 3.94. The van der Waals surface area contributed by atoms with Crippen LogP contribution in [0.1, 0.15) is 30.2 Å². The number of hydrogen-bond donors (Lipinski definition) is 1. The van der Waals surface area contributed by atoms with Crippen molar-refractivity contribution >= 4 is 28.8 Å². The molecule has 0 unspecified atom stereocenters. The molecule has 0 atom stereocenters. The van der Waals surface area contributed by atoms with Gasteiger partial charge in [0, 0.05) is 30.3 Å². The molecule has 1 N–H and O–H groups in total. The number of nitro groups is 1. The minimum absolute atomic E-state index is 0.249. The van der Waals surface area contributed by atoms with Crippen LogP contribution >= 0.6 is 11.3 Å². The summed E-state index contributed by atoms with van der Waals surface area (Å²) >= 11 is 7.25. The van der Waals surface area contributed by atoms with Crippen LogP contribution in [0.5, 0.6) is 0 Å². The van der Waals surface area contributed by atoms with Crippen LogP contribution in [0.4, 0.5) is 5.00 Å². The molecule has 3 rings (SSSR count). The molecule has 1 aromatic heterocycles. The van der Waals surface area contributed by atoms with Crippen LogP contribution in [-0.4, -0.2) is 8.87 Å². The van der Waals surface area contributed by atoms with Gasteiger partial charge in [-0.05, 0) is 12.5 Å². The van der Waals surface area contributed by atoms with Gasteiger partial charge in [0.05, 0.1) is 10.5 Å². The largest absolute Gasteiger partial charge is 0.375 e. The van der Waals surface area contributed by atoms with Gasteiger partial charge in [-0.25, -0.2) is 0 Å². The third-order valence-electron chi connectivity index (χ3n) is 3.56. The van der Waals surface area contributed by atoms with Crippen LogP contribution in [0, 0.1) is 10.1 Å². The van der Waals surface area contributed by atoms with Gasteiger partial charge < -0.3 is 5.32 Å². The van der Waals surface area contributed by atoms with E-state index in [1.54, 1.807) is 21.4 Å². The van der Waals surface area contributed by atoms with Crippen LogP contribution in [0.15, 0.2) is 29.2 Å². The molecule has 0 bridgehead atoms. The molecule has 0 fully saturated rings. The first kappa shape index (κ1) is 13.4. The molecule has 0 radical (unpaired) electrons. The fraction of sp³-hybridized carbons (Fsp3) is 0.385. The summed E-state index contributed by atoms with van der Waals surface area (Å²) in [6.07, 6.45) is 3.66. The van der Waals surface area contributed by atoms with Crippen molar-refractivity contribution in [3.63, 3.8) is 0 Å². The topological polar surface area (TPSA) is 58.2 Å². The summed E-state index contributed by atoms with van der Waals surface area (Å²) in [7, 11) is 0. The second-order valence-corrected chi connectivity index (χ2v) is 6.28. The number of allylic oxidation sites excluding steroid dienone is 3. The third kappa shape index (κ3) is 2.16. The lowest BCUT2D eigenvalue weighted by Gasteiger charge is -2.10. The average Bonchev–Trinajstić information content (AvgIpc) is 2.82. The number of nitrogens with one attached hydrogen (secondary N) is 1. The maximum Gasteiger partial charge on any atom is 0.286 e. The van der Waals surface area contributed by atoms with E-state index in [2.05, 4.69) is 18.3 Å². The number of rotatable bonds is 2. The highest BCUT2D eigenvalue weighted by molar-refractivity contribution is 7.44. The zero-order chi connectivity index (χ0) is 14.3. The molecule has 104 valence electrons. The third-order valence-corrected chi connectivity index (χ3v) is 5.38. The molecule has 0 saturated carbocycles. The Morgan fingerprint density at radius 2 is 2.35 bits per heavy atom. The number of thiophene rings is 1. The Balaban J connectivity index is 2.03. The molecular weight excluding hydrogens is 294 g/mol. The summed E-state index contributed by atoms with van der Waals surface area (Å²) in [6, 6.07) is 2.17. The molecule has 2 aliphatic rings. The Morgan fingerprint density at radius 1 is 1.55 bits per heavy atom. The molecule has 2 heterocycles. The van der Waals surface area contributed by atoms with Crippen LogP contribution in [0.2, 0.25) is 0 Å². The van der Waals surface area contributed by atoms with E-state index in [0.29, 0.717) is 19.4 Å². The molecule has 20 heavy (non-hydrogen) atoms. The minimum atomic E-state index is -0.310. The summed E-state index contributed by atoms with van der Waals surface area (Å²) in [5.41, 5.74) is 3.18. The van der Waals surface area contributed by atoms with Crippen LogP contribution in [-0.2, 0) is 25.4 Å². The van der Waals surface area contributed by atoms with Crippen molar-refractivity contribution in [1.29, 1.82) is 0 Å². The average molecular weight is 308 g/mol. The second-order valence-electron chi connectivity index (χ2n) is 4.80. The molecule has 0 amide bonds. The zero-order valence-corrected chi connectivity index (χ0v) is 12.6. The molecule has 5 nitrogen and oxygen atoms in total. The van der Waals surface area contributed by atoms with Gasteiger partial charge >= 0.3 is 0 Å². The maximum absolute atomic E-state index is 10.9. The number of fused-ring (bicyclic) bond motifs is 1. The number of hydrogen-bond acceptors (Lipinski definition) is 5. The Labute approximate surface area is 125 Å². The van der Waals surface area contributed by atoms with Crippen molar-refractivity contribution in [2.24, 2.45) is 0 Å². The summed E-state index contributed by atoms with van der Waals surface area (Å²) in [6.45, 7) is 2.79. The Hall–Kier alpha value is -1.60. The van der Waals surface area contributed by atoms with Crippen molar-refractivity contribution in [1.82, 2.24) is 5.32 Å². The van der Waals surface area contributed by atoms with Crippen LogP contribution < -0.4 is 5.32 Å². The molecular formula is C13H14N3O2S2+. The minimum Gasteiger partial charge on any atom is -0.375 e. The molecule has 0 saturated heterocycles. The van der Waals surface area contributed by atoms with E-state index in [9.17, 15) is 10.1 Å². The Bertz CT molecular complexity index is 673. The van der Waals surface area contributed by atoms with Gasteiger partial charge in [0.1, 0.15) is 5.70 Å². The predicted molar refractivity (Wildman–Crippen MR) is 79.2 cm³/mol. The molecule has 1 aliphatic carbocycles. The lowest BCUT2D eigenvalue weighted by Crippen LogP contribution is -2.18. The van der Waals surface area contributed by atoms with E-state index in [1.807, 2.05) is 0 Å². The van der Waals surface area contributed by atoms with Gasteiger partial charge in [0.25, 0.3) is 17.4 Å². The van der Waals surface area contributed by atoms with E-state index in [1.165, 1.54) is 10.4 Å². The SMILES string of the molecule is CCc1cc2c(s1)[N+](=S)C1=C(C=C([N+](=O)[O-])CC1)NC2. The Morgan fingerprint density at radius 3 is 3.05 bits per heavy atom. The van der Waals surface area contributed by atoms with Gasteiger partial charge in [-0.1, -0.05) is 22.2 Å². The smallest absolute Gasteiger partial charge is 0.286 e. The van der Waals surface area contributed by atoms with E-state index in [0.717, 1.165) is 22.8 Å². The van der Waals surface area contributed by atoms with Crippen molar-refractivity contribution in [3.05, 3.63) is 49.8 Å². The van der Waals surface area contributed by atoms with E-state index in [-0.39, 0.29) is 10.6 Å². The van der Waals surface area contributed by atoms with E-state index >= 15 is 0 Å². The van der Waals surface area contributed by atoms with Crippen molar-refractivity contribution in [2.45, 2.75) is 32.7 Å². The normalized spacial score (nSPS) is 17.9. The molecule has 1 aromatic rings. The molecule has 0 spiro atoms. The van der Waals surface area contributed by atoms with Gasteiger partial charge in [0.2, 0.25) is 11.4 Å². The lowest BCUT2D eigenvalue weighted by atomic mass is 10.1. The first-order valence-corrected chi connectivity index (χ1v) is 7.69. The first-order chi connectivity index (χ1) is 9.60. The zero-order valence-electron chi connectivity index (χ0n) is 11.0. The Kier molecular flexibility index (Phi) is 3.39. The monoisotopic (exact) mass is 308 g/mol. The number of aryl methyl sites for hydroxylation is 1. The highest BCUT2D eigenvalue weighted by atomic mass is 32.1. The highest BCUT2D eigenvalue weighted by Crippen LogP contribution is 2.38. The maximum atomic E-state index is 10.9. The van der Waals surface area contributed by atoms with Crippen LogP contribution in [0.3, 0.4) is 0 Å².